The molecule has 0 spiro atoms. The van der Waals surface area contributed by atoms with Gasteiger partial charge in [0.1, 0.15) is 0 Å². The van der Waals surface area contributed by atoms with E-state index in [1.807, 2.05) is 0 Å². The standard InChI is InChI=1S/C8H4BrClF2N2/c9-8(11,12)14-6-4-2-1-3-5(6)13-7(14)10/h1-4H. The Hall–Kier alpha value is -0.680. The van der Waals surface area contributed by atoms with Gasteiger partial charge in [-0.1, -0.05) is 12.1 Å². The Bertz CT molecular complexity index is 478. The molecule has 0 radical (unpaired) electrons. The van der Waals surface area contributed by atoms with Crippen molar-refractivity contribution in [2.24, 2.45) is 0 Å². The van der Waals surface area contributed by atoms with Crippen LogP contribution in [0.5, 0.6) is 0 Å². The van der Waals surface area contributed by atoms with Gasteiger partial charge < -0.3 is 0 Å². The van der Waals surface area contributed by atoms with E-state index in [1.165, 1.54) is 6.07 Å². The van der Waals surface area contributed by atoms with Gasteiger partial charge in [-0.05, 0) is 23.7 Å². The third-order valence-corrected chi connectivity index (χ3v) is 2.38. The van der Waals surface area contributed by atoms with E-state index in [1.54, 1.807) is 18.2 Å². The quantitative estimate of drug-likeness (QED) is 0.730. The van der Waals surface area contributed by atoms with Crippen molar-refractivity contribution in [2.45, 2.75) is 4.96 Å². The molecule has 6 heteroatoms. The first-order valence-corrected chi connectivity index (χ1v) is 4.87. The van der Waals surface area contributed by atoms with Crippen molar-refractivity contribution in [3.63, 3.8) is 0 Å². The second kappa shape index (κ2) is 3.17. The van der Waals surface area contributed by atoms with Gasteiger partial charge in [0.25, 0.3) is 0 Å². The van der Waals surface area contributed by atoms with Gasteiger partial charge >= 0.3 is 4.96 Å². The lowest BCUT2D eigenvalue weighted by molar-refractivity contribution is 0.0376. The Morgan fingerprint density at radius 1 is 1.36 bits per heavy atom. The normalized spacial score (nSPS) is 12.3. The summed E-state index contributed by atoms with van der Waals surface area (Å²) in [7, 11) is 0. The minimum Gasteiger partial charge on any atom is -0.244 e. The highest BCUT2D eigenvalue weighted by atomic mass is 79.9. The molecule has 14 heavy (non-hydrogen) atoms. The van der Waals surface area contributed by atoms with Crippen LogP contribution in [0.3, 0.4) is 0 Å². The number of hydrogen-bond donors (Lipinski definition) is 0. The lowest BCUT2D eigenvalue weighted by atomic mass is 10.3. The van der Waals surface area contributed by atoms with Crippen LogP contribution in [0.2, 0.25) is 5.28 Å². The molecule has 0 saturated heterocycles. The number of aromatic nitrogens is 2. The summed E-state index contributed by atoms with van der Waals surface area (Å²) in [4.78, 5) is 0.576. The van der Waals surface area contributed by atoms with Crippen LogP contribution >= 0.6 is 27.5 Å². The number of hydrogen-bond acceptors (Lipinski definition) is 1. The third kappa shape index (κ3) is 1.50. The summed E-state index contributed by atoms with van der Waals surface area (Å²) in [5, 5.41) is -0.243. The number of alkyl halides is 3. The van der Waals surface area contributed by atoms with E-state index in [-0.39, 0.29) is 5.28 Å². The maximum Gasteiger partial charge on any atom is 0.389 e. The van der Waals surface area contributed by atoms with Crippen LogP contribution < -0.4 is 0 Å². The van der Waals surface area contributed by atoms with Crippen LogP contribution in [0.25, 0.3) is 11.0 Å². The largest absolute Gasteiger partial charge is 0.389 e. The van der Waals surface area contributed by atoms with Gasteiger partial charge in [-0.3, -0.25) is 0 Å². The molecule has 2 aromatic rings. The second-order valence-electron chi connectivity index (χ2n) is 2.67. The first kappa shape index (κ1) is 9.86. The molecule has 0 aliphatic rings. The lowest BCUT2D eigenvalue weighted by Crippen LogP contribution is -2.14. The van der Waals surface area contributed by atoms with Gasteiger partial charge in [-0.2, -0.15) is 8.78 Å². The van der Waals surface area contributed by atoms with Crippen molar-refractivity contribution in [1.29, 1.82) is 0 Å². The summed E-state index contributed by atoms with van der Waals surface area (Å²) >= 11 is 7.84. The third-order valence-electron chi connectivity index (χ3n) is 1.77. The fourth-order valence-corrected chi connectivity index (χ4v) is 1.99. The molecular formula is C8H4BrClF2N2. The lowest BCUT2D eigenvalue weighted by Gasteiger charge is -2.11. The SMILES string of the molecule is FC(F)(Br)n1c(Cl)nc2ccccc21. The predicted octanol–water partition coefficient (Wildman–Crippen LogP) is 3.59. The van der Waals surface area contributed by atoms with E-state index in [2.05, 4.69) is 20.9 Å². The fraction of sp³-hybridized carbons (Fsp3) is 0.125. The minimum atomic E-state index is -3.22. The first-order chi connectivity index (χ1) is 6.50. The maximum absolute atomic E-state index is 13.0. The zero-order valence-corrected chi connectivity index (χ0v) is 9.06. The Morgan fingerprint density at radius 2 is 2.00 bits per heavy atom. The minimum absolute atomic E-state index is 0.243. The number of fused-ring (bicyclic) bond motifs is 1. The molecule has 0 saturated carbocycles. The van der Waals surface area contributed by atoms with Crippen LogP contribution in [-0.2, 0) is 4.96 Å². The van der Waals surface area contributed by atoms with Gasteiger partial charge in [0.2, 0.25) is 5.28 Å². The molecule has 2 nitrogen and oxygen atoms in total. The summed E-state index contributed by atoms with van der Waals surface area (Å²) in [6, 6.07) is 6.51. The monoisotopic (exact) mass is 280 g/mol. The van der Waals surface area contributed by atoms with E-state index in [0.717, 1.165) is 0 Å². The van der Waals surface area contributed by atoms with Crippen molar-refractivity contribution in [3.05, 3.63) is 29.5 Å². The zero-order valence-electron chi connectivity index (χ0n) is 6.72. The topological polar surface area (TPSA) is 17.8 Å². The number of halogens is 4. The van der Waals surface area contributed by atoms with E-state index in [0.29, 0.717) is 15.6 Å². The summed E-state index contributed by atoms with van der Waals surface area (Å²) in [5.41, 5.74) is 0.732. The zero-order chi connectivity index (χ0) is 10.3. The van der Waals surface area contributed by atoms with Crippen molar-refractivity contribution >= 4 is 38.6 Å². The molecule has 1 heterocycles. The average Bonchev–Trinajstić information content (AvgIpc) is 2.38. The Morgan fingerprint density at radius 3 is 2.64 bits per heavy atom. The molecule has 0 aliphatic carbocycles. The van der Waals surface area contributed by atoms with Gasteiger partial charge in [0.05, 0.1) is 11.0 Å². The molecule has 0 N–H and O–H groups in total. The number of nitrogens with zero attached hydrogens (tertiary/aromatic N) is 2. The molecule has 0 fully saturated rings. The highest BCUT2D eigenvalue weighted by Gasteiger charge is 2.31. The molecule has 1 aromatic carbocycles. The number of benzene rings is 1. The van der Waals surface area contributed by atoms with Crippen LogP contribution in [0.1, 0.15) is 0 Å². The Labute approximate surface area is 91.6 Å². The van der Waals surface area contributed by atoms with Crippen LogP contribution in [0.15, 0.2) is 24.3 Å². The Kier molecular flexibility index (Phi) is 2.23. The van der Waals surface area contributed by atoms with Gasteiger partial charge in [-0.25, -0.2) is 9.55 Å². The fourth-order valence-electron chi connectivity index (χ4n) is 1.24. The van der Waals surface area contributed by atoms with Crippen LogP contribution in [0.4, 0.5) is 8.78 Å². The number of para-hydroxylation sites is 2. The van der Waals surface area contributed by atoms with Crippen LogP contribution in [-0.4, -0.2) is 9.55 Å². The molecule has 74 valence electrons. The smallest absolute Gasteiger partial charge is 0.244 e. The number of imidazole rings is 1. The molecule has 0 amide bonds. The van der Waals surface area contributed by atoms with E-state index in [4.69, 9.17) is 11.6 Å². The molecule has 0 aliphatic heterocycles. The van der Waals surface area contributed by atoms with Crippen molar-refractivity contribution in [3.8, 4) is 0 Å². The number of rotatable bonds is 1. The average molecular weight is 281 g/mol. The molecule has 0 bridgehead atoms. The summed E-state index contributed by atoms with van der Waals surface area (Å²) in [6.07, 6.45) is 0. The van der Waals surface area contributed by atoms with Crippen molar-refractivity contribution in [2.75, 3.05) is 0 Å². The molecule has 0 atom stereocenters. The molecular weight excluding hydrogens is 277 g/mol. The summed E-state index contributed by atoms with van der Waals surface area (Å²) in [5.74, 6) is 0. The highest BCUT2D eigenvalue weighted by molar-refractivity contribution is 9.09. The van der Waals surface area contributed by atoms with Crippen LogP contribution in [0, 0.1) is 0 Å². The van der Waals surface area contributed by atoms with Gasteiger partial charge in [-0.15, -0.1) is 0 Å². The van der Waals surface area contributed by atoms with E-state index >= 15 is 0 Å². The molecule has 0 unspecified atom stereocenters. The van der Waals surface area contributed by atoms with E-state index < -0.39 is 4.96 Å². The predicted molar refractivity (Wildman–Crippen MR) is 53.9 cm³/mol. The van der Waals surface area contributed by atoms with Crippen molar-refractivity contribution < 1.29 is 8.78 Å². The van der Waals surface area contributed by atoms with Crippen molar-refractivity contribution in [1.82, 2.24) is 9.55 Å². The maximum atomic E-state index is 13.0. The summed E-state index contributed by atoms with van der Waals surface area (Å²) in [6.45, 7) is 0. The van der Waals surface area contributed by atoms with E-state index in [9.17, 15) is 8.78 Å². The van der Waals surface area contributed by atoms with Gasteiger partial charge in [0, 0.05) is 15.9 Å². The molecule has 1 aromatic heterocycles. The van der Waals surface area contributed by atoms with Gasteiger partial charge in [0.15, 0.2) is 0 Å². The second-order valence-corrected chi connectivity index (χ2v) is 3.96. The first-order valence-electron chi connectivity index (χ1n) is 3.70. The summed E-state index contributed by atoms with van der Waals surface area (Å²) < 4.78 is 26.7. The Balaban J connectivity index is 2.81. The molecule has 2 rings (SSSR count). The highest BCUT2D eigenvalue weighted by Crippen LogP contribution is 2.35.